The standard InChI is InChI=1S/C25H32O2/c1-3-4-5-18-25(2,22-12-16-24(27)17-13-22)21-10-6-19(7-11-21)20-8-14-23(26)15-9-20/h6,8-9,12-17,21,26-27H,3-5,7,10-11,18H2,1-2H3. The van der Waals surface area contributed by atoms with Crippen molar-refractivity contribution in [1.82, 2.24) is 0 Å². The fraction of sp³-hybridized carbons (Fsp3) is 0.440. The molecular weight excluding hydrogens is 332 g/mol. The Morgan fingerprint density at radius 2 is 1.56 bits per heavy atom. The smallest absolute Gasteiger partial charge is 0.115 e. The van der Waals surface area contributed by atoms with E-state index in [1.54, 1.807) is 12.1 Å². The highest BCUT2D eigenvalue weighted by molar-refractivity contribution is 5.66. The quantitative estimate of drug-likeness (QED) is 0.529. The van der Waals surface area contributed by atoms with E-state index in [4.69, 9.17) is 0 Å². The van der Waals surface area contributed by atoms with Gasteiger partial charge < -0.3 is 10.2 Å². The zero-order chi connectivity index (χ0) is 19.3. The summed E-state index contributed by atoms with van der Waals surface area (Å²) < 4.78 is 0. The van der Waals surface area contributed by atoms with E-state index in [1.807, 2.05) is 24.3 Å². The molecule has 0 aromatic heterocycles. The molecule has 2 unspecified atom stereocenters. The maximum Gasteiger partial charge on any atom is 0.115 e. The summed E-state index contributed by atoms with van der Waals surface area (Å²) in [6.45, 7) is 4.67. The molecule has 0 bridgehead atoms. The molecule has 1 aliphatic carbocycles. The molecule has 0 amide bonds. The summed E-state index contributed by atoms with van der Waals surface area (Å²) >= 11 is 0. The Hall–Kier alpha value is -2.22. The molecule has 2 nitrogen and oxygen atoms in total. The van der Waals surface area contributed by atoms with Crippen molar-refractivity contribution in [1.29, 1.82) is 0 Å². The number of phenolic OH excluding ortho intramolecular Hbond substituents is 2. The van der Waals surface area contributed by atoms with Crippen LogP contribution in [0.4, 0.5) is 0 Å². The number of rotatable bonds is 7. The molecule has 2 aromatic rings. The molecule has 1 aliphatic rings. The Morgan fingerprint density at radius 1 is 0.926 bits per heavy atom. The third-order valence-electron chi connectivity index (χ3n) is 6.38. The van der Waals surface area contributed by atoms with Crippen LogP contribution in [-0.4, -0.2) is 10.2 Å². The summed E-state index contributed by atoms with van der Waals surface area (Å²) in [5.74, 6) is 1.27. The van der Waals surface area contributed by atoms with Crippen LogP contribution in [0.1, 0.15) is 69.9 Å². The highest BCUT2D eigenvalue weighted by Crippen LogP contribution is 2.45. The van der Waals surface area contributed by atoms with E-state index in [-0.39, 0.29) is 5.41 Å². The van der Waals surface area contributed by atoms with Crippen LogP contribution in [0.5, 0.6) is 11.5 Å². The molecule has 0 heterocycles. The molecule has 144 valence electrons. The van der Waals surface area contributed by atoms with Gasteiger partial charge in [0.05, 0.1) is 0 Å². The minimum Gasteiger partial charge on any atom is -0.508 e. The third-order valence-corrected chi connectivity index (χ3v) is 6.38. The van der Waals surface area contributed by atoms with Gasteiger partial charge in [-0.15, -0.1) is 0 Å². The average molecular weight is 365 g/mol. The molecule has 2 heteroatoms. The van der Waals surface area contributed by atoms with Gasteiger partial charge in [0, 0.05) is 0 Å². The molecule has 3 rings (SSSR count). The summed E-state index contributed by atoms with van der Waals surface area (Å²) in [4.78, 5) is 0. The first-order valence-electron chi connectivity index (χ1n) is 10.3. The average Bonchev–Trinajstić information content (AvgIpc) is 2.69. The van der Waals surface area contributed by atoms with Crippen molar-refractivity contribution in [3.63, 3.8) is 0 Å². The Balaban J connectivity index is 1.81. The van der Waals surface area contributed by atoms with Crippen LogP contribution in [-0.2, 0) is 5.41 Å². The van der Waals surface area contributed by atoms with E-state index >= 15 is 0 Å². The van der Waals surface area contributed by atoms with Crippen molar-refractivity contribution < 1.29 is 10.2 Å². The predicted octanol–water partition coefficient (Wildman–Crippen LogP) is 6.82. The van der Waals surface area contributed by atoms with Gasteiger partial charge in [-0.2, -0.15) is 0 Å². The van der Waals surface area contributed by atoms with E-state index in [1.165, 1.54) is 48.8 Å². The molecule has 2 aromatic carbocycles. The molecule has 0 fully saturated rings. The van der Waals surface area contributed by atoms with Gasteiger partial charge in [0.15, 0.2) is 0 Å². The van der Waals surface area contributed by atoms with E-state index in [2.05, 4.69) is 32.1 Å². The monoisotopic (exact) mass is 364 g/mol. The van der Waals surface area contributed by atoms with Gasteiger partial charge in [-0.05, 0) is 78.0 Å². The lowest BCUT2D eigenvalue weighted by atomic mass is 9.64. The number of allylic oxidation sites excluding steroid dienone is 2. The maximum absolute atomic E-state index is 9.70. The third kappa shape index (κ3) is 4.55. The maximum atomic E-state index is 9.70. The molecule has 0 saturated heterocycles. The highest BCUT2D eigenvalue weighted by atomic mass is 16.3. The lowest BCUT2D eigenvalue weighted by molar-refractivity contribution is 0.247. The number of benzene rings is 2. The Bertz CT molecular complexity index is 758. The van der Waals surface area contributed by atoms with Crippen LogP contribution in [0.25, 0.3) is 5.57 Å². The SMILES string of the molecule is CCCCCC(C)(c1ccc(O)cc1)C1CC=C(c2ccc(O)cc2)CC1. The number of unbranched alkanes of at least 4 members (excludes halogenated alkanes) is 2. The van der Waals surface area contributed by atoms with Crippen LogP contribution >= 0.6 is 0 Å². The second kappa shape index (κ2) is 8.65. The van der Waals surface area contributed by atoms with Gasteiger partial charge in [0.2, 0.25) is 0 Å². The highest BCUT2D eigenvalue weighted by Gasteiger charge is 2.36. The lowest BCUT2D eigenvalue weighted by Crippen LogP contribution is -2.33. The molecule has 0 aliphatic heterocycles. The van der Waals surface area contributed by atoms with Crippen molar-refractivity contribution in [2.24, 2.45) is 5.92 Å². The topological polar surface area (TPSA) is 40.5 Å². The van der Waals surface area contributed by atoms with Crippen molar-refractivity contribution in [2.45, 2.75) is 64.2 Å². The zero-order valence-corrected chi connectivity index (χ0v) is 16.6. The Kier molecular flexibility index (Phi) is 6.26. The second-order valence-electron chi connectivity index (χ2n) is 8.17. The molecule has 0 spiro atoms. The van der Waals surface area contributed by atoms with E-state index in [0.717, 1.165) is 12.8 Å². The zero-order valence-electron chi connectivity index (χ0n) is 16.6. The van der Waals surface area contributed by atoms with Crippen LogP contribution in [0.2, 0.25) is 0 Å². The normalized spacial score (nSPS) is 19.3. The number of aromatic hydroxyl groups is 2. The van der Waals surface area contributed by atoms with Crippen LogP contribution in [0.15, 0.2) is 54.6 Å². The first kappa shape index (κ1) is 19.5. The number of hydrogen-bond acceptors (Lipinski definition) is 2. The molecule has 2 atom stereocenters. The second-order valence-corrected chi connectivity index (χ2v) is 8.17. The minimum absolute atomic E-state index is 0.139. The van der Waals surface area contributed by atoms with E-state index in [9.17, 15) is 10.2 Å². The fourth-order valence-corrected chi connectivity index (χ4v) is 4.52. The van der Waals surface area contributed by atoms with Gasteiger partial charge in [-0.1, -0.05) is 63.5 Å². The minimum atomic E-state index is 0.139. The van der Waals surface area contributed by atoms with Crippen molar-refractivity contribution >= 4 is 5.57 Å². The summed E-state index contributed by atoms with van der Waals surface area (Å²) in [5.41, 5.74) is 4.11. The van der Waals surface area contributed by atoms with Gasteiger partial charge in [-0.3, -0.25) is 0 Å². The molecule has 2 N–H and O–H groups in total. The lowest BCUT2D eigenvalue weighted by Gasteiger charge is -2.40. The van der Waals surface area contributed by atoms with Crippen molar-refractivity contribution in [3.05, 3.63) is 65.7 Å². The summed E-state index contributed by atoms with van der Waals surface area (Å²) in [6, 6.07) is 15.5. The van der Waals surface area contributed by atoms with E-state index in [0.29, 0.717) is 17.4 Å². The van der Waals surface area contributed by atoms with Gasteiger partial charge in [-0.25, -0.2) is 0 Å². The van der Waals surface area contributed by atoms with E-state index < -0.39 is 0 Å². The molecule has 0 saturated carbocycles. The molecule has 27 heavy (non-hydrogen) atoms. The van der Waals surface area contributed by atoms with Gasteiger partial charge in [0.25, 0.3) is 0 Å². The number of hydrogen-bond donors (Lipinski definition) is 2. The van der Waals surface area contributed by atoms with Crippen LogP contribution < -0.4 is 0 Å². The van der Waals surface area contributed by atoms with Crippen molar-refractivity contribution in [3.8, 4) is 11.5 Å². The predicted molar refractivity (Wildman–Crippen MR) is 113 cm³/mol. The Morgan fingerprint density at radius 3 is 2.11 bits per heavy atom. The van der Waals surface area contributed by atoms with Crippen molar-refractivity contribution in [2.75, 3.05) is 0 Å². The summed E-state index contributed by atoms with van der Waals surface area (Å²) in [7, 11) is 0. The largest absolute Gasteiger partial charge is 0.508 e. The number of phenols is 2. The summed E-state index contributed by atoms with van der Waals surface area (Å²) in [6.07, 6.45) is 10.7. The molecular formula is C25H32O2. The summed E-state index contributed by atoms with van der Waals surface area (Å²) in [5, 5.41) is 19.2. The van der Waals surface area contributed by atoms with Gasteiger partial charge >= 0.3 is 0 Å². The Labute approximate surface area is 163 Å². The van der Waals surface area contributed by atoms with Crippen LogP contribution in [0, 0.1) is 5.92 Å². The van der Waals surface area contributed by atoms with Gasteiger partial charge in [0.1, 0.15) is 11.5 Å². The molecule has 0 radical (unpaired) electrons. The van der Waals surface area contributed by atoms with Crippen LogP contribution in [0.3, 0.4) is 0 Å². The first-order valence-corrected chi connectivity index (χ1v) is 10.3. The fourth-order valence-electron chi connectivity index (χ4n) is 4.52. The first-order chi connectivity index (χ1) is 13.0.